The van der Waals surface area contributed by atoms with E-state index >= 15 is 0 Å². The number of carboxylic acids is 1. The van der Waals surface area contributed by atoms with Crippen molar-refractivity contribution in [1.82, 2.24) is 5.32 Å². The summed E-state index contributed by atoms with van der Waals surface area (Å²) in [6.07, 6.45) is 3.58. The fourth-order valence-corrected chi connectivity index (χ4v) is 3.22. The molecule has 0 bridgehead atoms. The Bertz CT molecular complexity index is 859. The van der Waals surface area contributed by atoms with Gasteiger partial charge in [-0.15, -0.1) is 0 Å². The Labute approximate surface area is 157 Å². The van der Waals surface area contributed by atoms with E-state index in [4.69, 9.17) is 5.11 Å². The first-order valence-electron chi connectivity index (χ1n) is 9.02. The molecular formula is C21H22N2O4. The number of anilines is 1. The summed E-state index contributed by atoms with van der Waals surface area (Å²) >= 11 is 0. The van der Waals surface area contributed by atoms with E-state index in [-0.39, 0.29) is 24.8 Å². The number of carbonyl (C=O) groups excluding carboxylic acids is 2. The van der Waals surface area contributed by atoms with E-state index < -0.39 is 5.97 Å². The molecule has 1 aliphatic carbocycles. The van der Waals surface area contributed by atoms with Crippen LogP contribution in [0.2, 0.25) is 0 Å². The highest BCUT2D eigenvalue weighted by molar-refractivity contribution is 5.96. The summed E-state index contributed by atoms with van der Waals surface area (Å²) in [5, 5.41) is 13.9. The lowest BCUT2D eigenvalue weighted by Gasteiger charge is -2.08. The Balaban J connectivity index is 1.52. The predicted molar refractivity (Wildman–Crippen MR) is 102 cm³/mol. The van der Waals surface area contributed by atoms with Crippen molar-refractivity contribution in [3.63, 3.8) is 0 Å². The summed E-state index contributed by atoms with van der Waals surface area (Å²) in [5.41, 5.74) is 4.76. The van der Waals surface area contributed by atoms with Crippen LogP contribution in [0.4, 0.5) is 5.69 Å². The molecule has 1 aliphatic rings. The number of aliphatic carboxylic acids is 1. The molecule has 0 atom stereocenters. The first-order chi connectivity index (χ1) is 13.0. The lowest BCUT2D eigenvalue weighted by atomic mass is 10.0. The van der Waals surface area contributed by atoms with Gasteiger partial charge >= 0.3 is 5.97 Å². The van der Waals surface area contributed by atoms with Gasteiger partial charge in [-0.2, -0.15) is 0 Å². The SMILES string of the molecule is O=C(O)CCNC(=O)c1ccc(NC(=O)Cc2ccc3c(c2)CCC3)cc1. The van der Waals surface area contributed by atoms with E-state index in [1.165, 1.54) is 17.5 Å². The first kappa shape index (κ1) is 18.6. The van der Waals surface area contributed by atoms with Crippen LogP contribution in [-0.2, 0) is 28.9 Å². The monoisotopic (exact) mass is 366 g/mol. The Morgan fingerprint density at radius 3 is 2.44 bits per heavy atom. The lowest BCUT2D eigenvalue weighted by Crippen LogP contribution is -2.26. The second-order valence-corrected chi connectivity index (χ2v) is 6.66. The highest BCUT2D eigenvalue weighted by atomic mass is 16.4. The van der Waals surface area contributed by atoms with Crippen molar-refractivity contribution in [2.75, 3.05) is 11.9 Å². The van der Waals surface area contributed by atoms with Gasteiger partial charge < -0.3 is 15.7 Å². The van der Waals surface area contributed by atoms with Crippen LogP contribution in [-0.4, -0.2) is 29.4 Å². The molecule has 0 aromatic heterocycles. The number of carbonyl (C=O) groups is 3. The van der Waals surface area contributed by atoms with Crippen molar-refractivity contribution < 1.29 is 19.5 Å². The largest absolute Gasteiger partial charge is 0.481 e. The third-order valence-corrected chi connectivity index (χ3v) is 4.58. The molecule has 0 spiro atoms. The van der Waals surface area contributed by atoms with Crippen LogP contribution in [0.5, 0.6) is 0 Å². The van der Waals surface area contributed by atoms with Gasteiger partial charge in [0, 0.05) is 17.8 Å². The van der Waals surface area contributed by atoms with Gasteiger partial charge in [0.25, 0.3) is 5.91 Å². The molecule has 2 aromatic carbocycles. The molecule has 2 amide bonds. The molecule has 27 heavy (non-hydrogen) atoms. The summed E-state index contributed by atoms with van der Waals surface area (Å²) in [4.78, 5) is 34.6. The Kier molecular flexibility index (Phi) is 5.86. The summed E-state index contributed by atoms with van der Waals surface area (Å²) in [6.45, 7) is 0.0768. The number of hydrogen-bond acceptors (Lipinski definition) is 3. The molecule has 0 saturated heterocycles. The van der Waals surface area contributed by atoms with E-state index in [1.54, 1.807) is 24.3 Å². The smallest absolute Gasteiger partial charge is 0.305 e. The van der Waals surface area contributed by atoms with E-state index in [1.807, 2.05) is 6.07 Å². The molecule has 0 radical (unpaired) electrons. The van der Waals surface area contributed by atoms with Gasteiger partial charge in [-0.25, -0.2) is 0 Å². The van der Waals surface area contributed by atoms with Crippen LogP contribution in [0.3, 0.4) is 0 Å². The van der Waals surface area contributed by atoms with Gasteiger partial charge in [-0.3, -0.25) is 14.4 Å². The van der Waals surface area contributed by atoms with Crippen LogP contribution in [0.15, 0.2) is 42.5 Å². The van der Waals surface area contributed by atoms with Crippen molar-refractivity contribution in [2.24, 2.45) is 0 Å². The lowest BCUT2D eigenvalue weighted by molar-refractivity contribution is -0.136. The van der Waals surface area contributed by atoms with Crippen molar-refractivity contribution in [3.05, 3.63) is 64.7 Å². The van der Waals surface area contributed by atoms with Crippen LogP contribution < -0.4 is 10.6 Å². The molecular weight excluding hydrogens is 344 g/mol. The second kappa shape index (κ2) is 8.49. The molecule has 0 saturated carbocycles. The van der Waals surface area contributed by atoms with Gasteiger partial charge in [0.05, 0.1) is 12.8 Å². The minimum atomic E-state index is -0.961. The third kappa shape index (κ3) is 5.17. The molecule has 3 N–H and O–H groups in total. The molecule has 140 valence electrons. The Morgan fingerprint density at radius 1 is 0.963 bits per heavy atom. The Morgan fingerprint density at radius 2 is 1.70 bits per heavy atom. The van der Waals surface area contributed by atoms with E-state index in [0.717, 1.165) is 18.4 Å². The van der Waals surface area contributed by atoms with E-state index in [2.05, 4.69) is 22.8 Å². The number of rotatable bonds is 7. The number of nitrogens with one attached hydrogen (secondary N) is 2. The first-order valence-corrected chi connectivity index (χ1v) is 9.02. The second-order valence-electron chi connectivity index (χ2n) is 6.66. The highest BCUT2D eigenvalue weighted by Crippen LogP contribution is 2.23. The van der Waals surface area contributed by atoms with Gasteiger partial charge in [-0.1, -0.05) is 18.2 Å². The summed E-state index contributed by atoms with van der Waals surface area (Å²) in [7, 11) is 0. The maximum Gasteiger partial charge on any atom is 0.305 e. The highest BCUT2D eigenvalue weighted by Gasteiger charge is 2.12. The maximum absolute atomic E-state index is 12.3. The van der Waals surface area contributed by atoms with Gasteiger partial charge in [0.2, 0.25) is 5.91 Å². The van der Waals surface area contributed by atoms with Gasteiger partial charge in [-0.05, 0) is 60.2 Å². The number of benzene rings is 2. The van der Waals surface area contributed by atoms with Crippen molar-refractivity contribution >= 4 is 23.5 Å². The van der Waals surface area contributed by atoms with Crippen LogP contribution >= 0.6 is 0 Å². The summed E-state index contributed by atoms with van der Waals surface area (Å²) in [5.74, 6) is -1.41. The number of hydrogen-bond donors (Lipinski definition) is 3. The standard InChI is InChI=1S/C21H22N2O4/c24-19(13-14-4-5-15-2-1-3-17(15)12-14)23-18-8-6-16(7-9-18)21(27)22-11-10-20(25)26/h4-9,12H,1-3,10-11,13H2,(H,22,27)(H,23,24)(H,25,26). The zero-order chi connectivity index (χ0) is 19.2. The zero-order valence-electron chi connectivity index (χ0n) is 15.0. The van der Waals surface area contributed by atoms with Crippen LogP contribution in [0.25, 0.3) is 0 Å². The zero-order valence-corrected chi connectivity index (χ0v) is 15.0. The molecule has 0 fully saturated rings. The predicted octanol–water partition coefficient (Wildman–Crippen LogP) is 2.56. The normalized spacial score (nSPS) is 12.3. The molecule has 6 nitrogen and oxygen atoms in total. The molecule has 2 aromatic rings. The van der Waals surface area contributed by atoms with Crippen molar-refractivity contribution in [2.45, 2.75) is 32.1 Å². The van der Waals surface area contributed by atoms with Gasteiger partial charge in [0.15, 0.2) is 0 Å². The quantitative estimate of drug-likeness (QED) is 0.702. The number of carboxylic acid groups (broad SMARTS) is 1. The van der Waals surface area contributed by atoms with Crippen molar-refractivity contribution in [3.8, 4) is 0 Å². The number of aryl methyl sites for hydroxylation is 2. The Hall–Kier alpha value is -3.15. The maximum atomic E-state index is 12.3. The molecule has 0 heterocycles. The molecule has 0 unspecified atom stereocenters. The molecule has 0 aliphatic heterocycles. The van der Waals surface area contributed by atoms with Crippen LogP contribution in [0, 0.1) is 0 Å². The number of fused-ring (bicyclic) bond motifs is 1. The number of amides is 2. The minimum Gasteiger partial charge on any atom is -0.481 e. The fraction of sp³-hybridized carbons (Fsp3) is 0.286. The van der Waals surface area contributed by atoms with E-state index in [9.17, 15) is 14.4 Å². The molecule has 3 rings (SSSR count). The average molecular weight is 366 g/mol. The van der Waals surface area contributed by atoms with E-state index in [0.29, 0.717) is 17.7 Å². The summed E-state index contributed by atoms with van der Waals surface area (Å²) < 4.78 is 0. The third-order valence-electron chi connectivity index (χ3n) is 4.58. The van der Waals surface area contributed by atoms with Gasteiger partial charge in [0.1, 0.15) is 0 Å². The topological polar surface area (TPSA) is 95.5 Å². The minimum absolute atomic E-state index is 0.0768. The van der Waals surface area contributed by atoms with Crippen molar-refractivity contribution in [1.29, 1.82) is 0 Å². The van der Waals surface area contributed by atoms with Crippen LogP contribution in [0.1, 0.15) is 39.9 Å². The molecule has 6 heteroatoms. The average Bonchev–Trinajstić information content (AvgIpc) is 3.09. The summed E-state index contributed by atoms with van der Waals surface area (Å²) in [6, 6.07) is 12.8. The fourth-order valence-electron chi connectivity index (χ4n) is 3.22.